The van der Waals surface area contributed by atoms with Crippen LogP contribution in [0, 0.1) is 0 Å². The molecule has 0 heterocycles. The fourth-order valence-electron chi connectivity index (χ4n) is 1.16. The number of hydrogen-bond donors (Lipinski definition) is 2. The van der Waals surface area contributed by atoms with Gasteiger partial charge in [-0.25, -0.2) is 0 Å². The number of aldehydes is 2. The molecule has 2 rings (SSSR count). The van der Waals surface area contributed by atoms with Gasteiger partial charge in [-0.3, -0.25) is 9.59 Å². The van der Waals surface area contributed by atoms with Gasteiger partial charge in [0.15, 0.2) is 0 Å². The van der Waals surface area contributed by atoms with E-state index in [1.54, 1.807) is 24.3 Å². The molecule has 2 aromatic rings. The van der Waals surface area contributed by atoms with E-state index in [1.807, 2.05) is 0 Å². The molecule has 0 aliphatic heterocycles. The van der Waals surface area contributed by atoms with Crippen molar-refractivity contribution in [2.24, 2.45) is 11.5 Å². The van der Waals surface area contributed by atoms with Crippen molar-refractivity contribution in [3.05, 3.63) is 59.7 Å². The Morgan fingerprint density at radius 3 is 1.22 bits per heavy atom. The molecule has 0 saturated carbocycles. The summed E-state index contributed by atoms with van der Waals surface area (Å²) in [6.45, 7) is 1.19. The van der Waals surface area contributed by atoms with Crippen molar-refractivity contribution in [2.75, 3.05) is 13.1 Å². The summed E-state index contributed by atoms with van der Waals surface area (Å²) in [4.78, 5) is 20.1. The quantitative estimate of drug-likeness (QED) is 0.742. The molecular formula is C16H18CoN2O4. The van der Waals surface area contributed by atoms with Crippen LogP contribution in [0.2, 0.25) is 0 Å². The third-order valence-electron chi connectivity index (χ3n) is 2.26. The molecular weight excluding hydrogens is 343 g/mol. The summed E-state index contributed by atoms with van der Waals surface area (Å²) >= 11 is 0. The van der Waals surface area contributed by atoms with Gasteiger partial charge in [-0.2, -0.15) is 0 Å². The van der Waals surface area contributed by atoms with Gasteiger partial charge >= 0.3 is 16.8 Å². The Bertz CT molecular complexity index is 528. The van der Waals surface area contributed by atoms with E-state index in [0.717, 1.165) is 0 Å². The molecule has 0 aliphatic rings. The summed E-state index contributed by atoms with van der Waals surface area (Å²) in [6, 6.07) is 12.2. The van der Waals surface area contributed by atoms with Crippen LogP contribution in [0.3, 0.4) is 0 Å². The van der Waals surface area contributed by atoms with Crippen molar-refractivity contribution < 1.29 is 36.6 Å². The molecule has 4 N–H and O–H groups in total. The molecule has 0 aliphatic carbocycles. The predicted octanol–water partition coefficient (Wildman–Crippen LogP) is 0.0467. The molecule has 0 unspecified atom stereocenters. The summed E-state index contributed by atoms with van der Waals surface area (Å²) in [5.41, 5.74) is 10.2. The number of hydrogen-bond acceptors (Lipinski definition) is 6. The van der Waals surface area contributed by atoms with Crippen molar-refractivity contribution in [1.29, 1.82) is 0 Å². The minimum absolute atomic E-state index is 0. The van der Waals surface area contributed by atoms with Crippen molar-refractivity contribution in [3.63, 3.8) is 0 Å². The predicted molar refractivity (Wildman–Crippen MR) is 80.7 cm³/mol. The van der Waals surface area contributed by atoms with Gasteiger partial charge in [0.25, 0.3) is 0 Å². The van der Waals surface area contributed by atoms with Gasteiger partial charge in [0.05, 0.1) is 0 Å². The van der Waals surface area contributed by atoms with Gasteiger partial charge in [-0.1, -0.05) is 60.0 Å². The summed E-state index contributed by atoms with van der Waals surface area (Å²) in [5.74, 6) is -0.431. The van der Waals surface area contributed by atoms with E-state index in [2.05, 4.69) is 0 Å². The molecule has 125 valence electrons. The van der Waals surface area contributed by atoms with Crippen LogP contribution in [0.5, 0.6) is 11.5 Å². The van der Waals surface area contributed by atoms with E-state index in [0.29, 0.717) is 25.7 Å². The third-order valence-corrected chi connectivity index (χ3v) is 2.26. The molecule has 0 amide bonds. The Hall–Kier alpha value is -2.19. The van der Waals surface area contributed by atoms with Crippen LogP contribution in [-0.2, 0) is 16.8 Å². The van der Waals surface area contributed by atoms with Gasteiger partial charge in [0.1, 0.15) is 12.6 Å². The zero-order chi connectivity index (χ0) is 16.8. The van der Waals surface area contributed by atoms with E-state index in [4.69, 9.17) is 11.5 Å². The van der Waals surface area contributed by atoms with E-state index in [1.165, 1.54) is 24.3 Å². The second-order valence-corrected chi connectivity index (χ2v) is 3.89. The maximum atomic E-state index is 10.6. The first kappa shape index (κ1) is 23.1. The SMILES string of the molecule is NCCN.O=Cc1ccccc1[O-].O=Cc1ccccc1[O-].[Co+2]. The molecule has 2 aromatic carbocycles. The Morgan fingerprint density at radius 1 is 0.739 bits per heavy atom. The molecule has 6 nitrogen and oxygen atoms in total. The van der Waals surface area contributed by atoms with Crippen molar-refractivity contribution in [1.82, 2.24) is 0 Å². The second-order valence-electron chi connectivity index (χ2n) is 3.89. The maximum Gasteiger partial charge on any atom is 2.00 e. The maximum absolute atomic E-state index is 10.6. The molecule has 0 aromatic heterocycles. The fourth-order valence-corrected chi connectivity index (χ4v) is 1.16. The molecule has 0 saturated heterocycles. The summed E-state index contributed by atoms with van der Waals surface area (Å²) < 4.78 is 0. The first-order valence-corrected chi connectivity index (χ1v) is 6.43. The first-order valence-electron chi connectivity index (χ1n) is 6.43. The van der Waals surface area contributed by atoms with Crippen LogP contribution in [0.25, 0.3) is 0 Å². The van der Waals surface area contributed by atoms with Crippen LogP contribution >= 0.6 is 0 Å². The minimum Gasteiger partial charge on any atom is -0.872 e. The normalized spacial score (nSPS) is 8.26. The number of para-hydroxylation sites is 2. The van der Waals surface area contributed by atoms with Gasteiger partial charge in [0, 0.05) is 24.2 Å². The molecule has 0 spiro atoms. The van der Waals surface area contributed by atoms with E-state index >= 15 is 0 Å². The number of rotatable bonds is 3. The number of carbonyl (C=O) groups is 2. The molecule has 0 atom stereocenters. The number of carbonyl (C=O) groups excluding carboxylic acids is 2. The van der Waals surface area contributed by atoms with Crippen LogP contribution in [0.1, 0.15) is 20.7 Å². The van der Waals surface area contributed by atoms with E-state index < -0.39 is 0 Å². The van der Waals surface area contributed by atoms with Gasteiger partial charge in [-0.05, 0) is 0 Å². The van der Waals surface area contributed by atoms with Crippen molar-refractivity contribution in [3.8, 4) is 11.5 Å². The Morgan fingerprint density at radius 2 is 1.04 bits per heavy atom. The molecule has 7 heteroatoms. The van der Waals surface area contributed by atoms with Gasteiger partial charge in [0.2, 0.25) is 0 Å². The van der Waals surface area contributed by atoms with Crippen molar-refractivity contribution in [2.45, 2.75) is 0 Å². The Kier molecular flexibility index (Phi) is 14.8. The standard InChI is InChI=1S/2C7H6O2.C2H8N2.Co/c2*8-5-6-3-1-2-4-7(6)9;3-1-2-4;/h2*1-5,9H;1-4H2;/q;;;+2/p-2. The second kappa shape index (κ2) is 14.7. The van der Waals surface area contributed by atoms with Gasteiger partial charge < -0.3 is 21.7 Å². The first-order chi connectivity index (χ1) is 10.6. The van der Waals surface area contributed by atoms with Crippen LogP contribution in [-0.4, -0.2) is 25.7 Å². The molecule has 23 heavy (non-hydrogen) atoms. The van der Waals surface area contributed by atoms with Crippen molar-refractivity contribution >= 4 is 12.6 Å². The summed E-state index contributed by atoms with van der Waals surface area (Å²) in [7, 11) is 0. The van der Waals surface area contributed by atoms with Gasteiger partial charge in [-0.15, -0.1) is 0 Å². The Balaban J connectivity index is 0. The smallest absolute Gasteiger partial charge is 0.872 e. The largest absolute Gasteiger partial charge is 2.00 e. The van der Waals surface area contributed by atoms with Crippen LogP contribution in [0.4, 0.5) is 0 Å². The number of nitrogens with two attached hydrogens (primary N) is 2. The molecule has 1 radical (unpaired) electrons. The van der Waals surface area contributed by atoms with E-state index in [-0.39, 0.29) is 39.4 Å². The molecule has 0 bridgehead atoms. The zero-order valence-electron chi connectivity index (χ0n) is 12.3. The summed E-state index contributed by atoms with van der Waals surface area (Å²) in [5, 5.41) is 21.2. The third kappa shape index (κ3) is 10.2. The monoisotopic (exact) mass is 361 g/mol. The Labute approximate surface area is 145 Å². The van der Waals surface area contributed by atoms with E-state index in [9.17, 15) is 19.8 Å². The average Bonchev–Trinajstić information content (AvgIpc) is 2.56. The molecule has 0 fully saturated rings. The minimum atomic E-state index is -0.215. The van der Waals surface area contributed by atoms with Crippen LogP contribution < -0.4 is 21.7 Å². The fraction of sp³-hybridized carbons (Fsp3) is 0.125. The zero-order valence-corrected chi connectivity index (χ0v) is 13.3. The summed E-state index contributed by atoms with van der Waals surface area (Å²) in [6.07, 6.45) is 1.12. The average molecular weight is 361 g/mol. The van der Waals surface area contributed by atoms with Crippen LogP contribution in [0.15, 0.2) is 48.5 Å². The number of benzene rings is 2. The topological polar surface area (TPSA) is 132 Å².